The number of aliphatic hydroxyl groups is 1. The second-order valence-electron chi connectivity index (χ2n) is 6.44. The number of urea groups is 1. The molecule has 1 aliphatic carbocycles. The van der Waals surface area contributed by atoms with Crippen LogP contribution < -0.4 is 15.4 Å². The largest absolute Gasteiger partial charge is 0.434 e. The first kappa shape index (κ1) is 18.4. The summed E-state index contributed by atoms with van der Waals surface area (Å²) in [4.78, 5) is 11.9. The summed E-state index contributed by atoms with van der Waals surface area (Å²) in [6.07, 6.45) is 3.23. The van der Waals surface area contributed by atoms with Crippen molar-refractivity contribution in [3.63, 3.8) is 0 Å². The van der Waals surface area contributed by atoms with Crippen molar-refractivity contribution in [3.05, 3.63) is 29.8 Å². The molecule has 0 aliphatic heterocycles. The number of aliphatic hydroxyl groups excluding tert-OH is 1. The molecule has 0 bridgehead atoms. The fraction of sp³-hybridized carbons (Fsp3) is 0.588. The average molecular weight is 342 g/mol. The van der Waals surface area contributed by atoms with E-state index < -0.39 is 18.7 Å². The maximum absolute atomic E-state index is 12.4. The highest BCUT2D eigenvalue weighted by atomic mass is 19.3. The van der Waals surface area contributed by atoms with Crippen LogP contribution in [0.2, 0.25) is 0 Å². The third-order valence-electron chi connectivity index (χ3n) is 4.56. The molecule has 1 fully saturated rings. The molecule has 2 amide bonds. The number of ether oxygens (including phenoxy) is 1. The van der Waals surface area contributed by atoms with Crippen molar-refractivity contribution in [2.45, 2.75) is 51.9 Å². The van der Waals surface area contributed by atoms with Gasteiger partial charge < -0.3 is 20.5 Å². The lowest BCUT2D eigenvalue weighted by Crippen LogP contribution is -2.47. The first-order valence-electron chi connectivity index (χ1n) is 8.13. The Labute approximate surface area is 140 Å². The quantitative estimate of drug-likeness (QED) is 0.744. The molecular weight excluding hydrogens is 318 g/mol. The normalized spacial score (nSPS) is 23.8. The highest BCUT2D eigenvalue weighted by molar-refractivity contribution is 5.74. The minimum Gasteiger partial charge on any atom is -0.434 e. The Morgan fingerprint density at radius 1 is 1.38 bits per heavy atom. The fourth-order valence-corrected chi connectivity index (χ4v) is 2.97. The number of amides is 2. The lowest BCUT2D eigenvalue weighted by atomic mass is 9.73. The predicted octanol–water partition coefficient (Wildman–Crippen LogP) is 3.03. The van der Waals surface area contributed by atoms with E-state index in [1.54, 1.807) is 18.2 Å². The summed E-state index contributed by atoms with van der Waals surface area (Å²) in [5.41, 5.74) is 0.142. The van der Waals surface area contributed by atoms with Crippen molar-refractivity contribution < 1.29 is 23.4 Å². The number of nitrogens with one attached hydrogen (secondary N) is 2. The van der Waals surface area contributed by atoms with Crippen LogP contribution in [0.3, 0.4) is 0 Å². The summed E-state index contributed by atoms with van der Waals surface area (Å²) in [6.45, 7) is -0.501. The lowest BCUT2D eigenvalue weighted by Gasteiger charge is -2.38. The van der Waals surface area contributed by atoms with Gasteiger partial charge >= 0.3 is 12.6 Å². The van der Waals surface area contributed by atoms with E-state index in [1.165, 1.54) is 6.07 Å². The molecule has 24 heavy (non-hydrogen) atoms. The molecule has 0 saturated heterocycles. The summed E-state index contributed by atoms with van der Waals surface area (Å²) < 4.78 is 29.1. The Balaban J connectivity index is 1.83. The van der Waals surface area contributed by atoms with Crippen LogP contribution in [0.25, 0.3) is 0 Å². The van der Waals surface area contributed by atoms with E-state index in [0.717, 1.165) is 25.7 Å². The van der Waals surface area contributed by atoms with E-state index in [2.05, 4.69) is 15.4 Å². The Morgan fingerprint density at radius 2 is 2.12 bits per heavy atom. The molecule has 1 saturated carbocycles. The van der Waals surface area contributed by atoms with Crippen LogP contribution in [-0.4, -0.2) is 30.4 Å². The standard InChI is InChI=1S/C17H24F2N2O3/c1-17(9-5-4-8-14(17)22)11-21-16(23)20-10-12-6-2-3-7-13(12)24-15(18)19/h2-3,6-7,14-15,22H,4-5,8-11H2,1H3,(H2,20,21,23). The molecular formula is C17H24F2N2O3. The zero-order chi connectivity index (χ0) is 17.6. The van der Waals surface area contributed by atoms with Crippen molar-refractivity contribution >= 4 is 6.03 Å². The fourth-order valence-electron chi connectivity index (χ4n) is 2.97. The van der Waals surface area contributed by atoms with Crippen LogP contribution in [-0.2, 0) is 6.54 Å². The molecule has 3 N–H and O–H groups in total. The van der Waals surface area contributed by atoms with Crippen LogP contribution >= 0.6 is 0 Å². The molecule has 1 aliphatic rings. The number of carbonyl (C=O) groups excluding carboxylic acids is 1. The van der Waals surface area contributed by atoms with Crippen molar-refractivity contribution in [1.29, 1.82) is 0 Å². The molecule has 134 valence electrons. The third kappa shape index (κ3) is 5.06. The topological polar surface area (TPSA) is 70.6 Å². The summed E-state index contributed by atoms with van der Waals surface area (Å²) >= 11 is 0. The van der Waals surface area contributed by atoms with Gasteiger partial charge in [0, 0.05) is 24.1 Å². The SMILES string of the molecule is CC1(CNC(=O)NCc2ccccc2OC(F)F)CCCCC1O. The van der Waals surface area contributed by atoms with Gasteiger partial charge in [-0.15, -0.1) is 0 Å². The first-order valence-corrected chi connectivity index (χ1v) is 8.13. The maximum Gasteiger partial charge on any atom is 0.387 e. The highest BCUT2D eigenvalue weighted by Crippen LogP contribution is 2.35. The zero-order valence-electron chi connectivity index (χ0n) is 13.7. The highest BCUT2D eigenvalue weighted by Gasteiger charge is 2.35. The number of halogens is 2. The average Bonchev–Trinajstić information content (AvgIpc) is 2.55. The van der Waals surface area contributed by atoms with Gasteiger partial charge in [0.15, 0.2) is 0 Å². The second kappa shape index (κ2) is 8.28. The van der Waals surface area contributed by atoms with Gasteiger partial charge in [0.1, 0.15) is 5.75 Å². The molecule has 2 rings (SSSR count). The van der Waals surface area contributed by atoms with Crippen LogP contribution in [0.5, 0.6) is 5.75 Å². The second-order valence-corrected chi connectivity index (χ2v) is 6.44. The van der Waals surface area contributed by atoms with Gasteiger partial charge in [-0.1, -0.05) is 38.0 Å². The van der Waals surface area contributed by atoms with E-state index >= 15 is 0 Å². The number of hydrogen-bond acceptors (Lipinski definition) is 3. The lowest BCUT2D eigenvalue weighted by molar-refractivity contribution is -0.0504. The molecule has 7 heteroatoms. The minimum atomic E-state index is -2.91. The number of hydrogen-bond donors (Lipinski definition) is 3. The number of alkyl halides is 2. The Kier molecular flexibility index (Phi) is 6.36. The molecule has 0 aromatic heterocycles. The van der Waals surface area contributed by atoms with Crippen molar-refractivity contribution in [3.8, 4) is 5.75 Å². The molecule has 1 aromatic rings. The van der Waals surface area contributed by atoms with Crippen molar-refractivity contribution in [2.24, 2.45) is 5.41 Å². The molecule has 1 aromatic carbocycles. The minimum absolute atomic E-state index is 0.0439. The number of rotatable bonds is 6. The van der Waals surface area contributed by atoms with Gasteiger partial charge in [-0.25, -0.2) is 4.79 Å². The monoisotopic (exact) mass is 342 g/mol. The van der Waals surface area contributed by atoms with Crippen LogP contribution in [0, 0.1) is 5.41 Å². The van der Waals surface area contributed by atoms with Gasteiger partial charge in [-0.3, -0.25) is 0 Å². The Hall–Kier alpha value is -1.89. The Morgan fingerprint density at radius 3 is 2.83 bits per heavy atom. The maximum atomic E-state index is 12.4. The summed E-state index contributed by atoms with van der Waals surface area (Å²) in [5.74, 6) is 0.0439. The molecule has 0 heterocycles. The number of carbonyl (C=O) groups is 1. The van der Waals surface area contributed by atoms with Crippen molar-refractivity contribution in [1.82, 2.24) is 10.6 Å². The van der Waals surface area contributed by atoms with E-state index in [9.17, 15) is 18.7 Å². The van der Waals surface area contributed by atoms with E-state index in [4.69, 9.17) is 0 Å². The van der Waals surface area contributed by atoms with E-state index in [0.29, 0.717) is 12.1 Å². The molecule has 2 unspecified atom stereocenters. The summed E-state index contributed by atoms with van der Waals surface area (Å²) in [7, 11) is 0. The van der Waals surface area contributed by atoms with E-state index in [-0.39, 0.29) is 17.7 Å². The first-order chi connectivity index (χ1) is 11.4. The van der Waals surface area contributed by atoms with Crippen LogP contribution in [0.4, 0.5) is 13.6 Å². The number of para-hydroxylation sites is 1. The van der Waals surface area contributed by atoms with Gasteiger partial charge in [-0.05, 0) is 18.9 Å². The van der Waals surface area contributed by atoms with Gasteiger partial charge in [-0.2, -0.15) is 8.78 Å². The third-order valence-corrected chi connectivity index (χ3v) is 4.56. The molecule has 5 nitrogen and oxygen atoms in total. The summed E-state index contributed by atoms with van der Waals surface area (Å²) in [5, 5.41) is 15.5. The van der Waals surface area contributed by atoms with Gasteiger partial charge in [0.25, 0.3) is 0 Å². The molecule has 0 radical (unpaired) electrons. The summed E-state index contributed by atoms with van der Waals surface area (Å²) in [6, 6.07) is 5.92. The smallest absolute Gasteiger partial charge is 0.387 e. The molecule has 0 spiro atoms. The van der Waals surface area contributed by atoms with Gasteiger partial charge in [0.05, 0.1) is 6.10 Å². The molecule has 2 atom stereocenters. The predicted molar refractivity (Wildman–Crippen MR) is 85.9 cm³/mol. The zero-order valence-corrected chi connectivity index (χ0v) is 13.7. The van der Waals surface area contributed by atoms with Gasteiger partial charge in [0.2, 0.25) is 0 Å². The number of benzene rings is 1. The van der Waals surface area contributed by atoms with Crippen LogP contribution in [0.1, 0.15) is 38.2 Å². The van der Waals surface area contributed by atoms with E-state index in [1.807, 2.05) is 6.92 Å². The van der Waals surface area contributed by atoms with Crippen molar-refractivity contribution in [2.75, 3.05) is 6.54 Å². The Bertz CT molecular complexity index is 556. The van der Waals surface area contributed by atoms with Crippen LogP contribution in [0.15, 0.2) is 24.3 Å².